The lowest BCUT2D eigenvalue weighted by Crippen LogP contribution is -2.08. The molecule has 3 aromatic rings. The highest BCUT2D eigenvalue weighted by Gasteiger charge is 2.37. The zero-order chi connectivity index (χ0) is 16.4. The first-order valence-electron chi connectivity index (χ1n) is 6.86. The third kappa shape index (κ3) is 3.06. The van der Waals surface area contributed by atoms with Crippen molar-refractivity contribution in [1.82, 2.24) is 9.78 Å². The number of rotatable bonds is 3. The van der Waals surface area contributed by atoms with Crippen LogP contribution >= 0.6 is 0 Å². The van der Waals surface area contributed by atoms with Crippen molar-refractivity contribution in [1.29, 1.82) is 0 Å². The van der Waals surface area contributed by atoms with Crippen LogP contribution in [-0.2, 0) is 6.18 Å². The fourth-order valence-corrected chi connectivity index (χ4v) is 2.28. The standard InChI is InChI=1S/C17H13F3N2O/c1-23-14-9-7-12(8-10-14)15-11-22(13-5-3-2-4-6-13)21-16(15)17(18,19)20/h2-11H,1H3. The van der Waals surface area contributed by atoms with Gasteiger partial charge < -0.3 is 4.74 Å². The molecular weight excluding hydrogens is 305 g/mol. The summed E-state index contributed by atoms with van der Waals surface area (Å²) in [7, 11) is 1.50. The molecule has 0 unspecified atom stereocenters. The van der Waals surface area contributed by atoms with E-state index in [1.165, 1.54) is 18.0 Å². The Kier molecular flexibility index (Phi) is 3.82. The predicted molar refractivity (Wildman–Crippen MR) is 80.6 cm³/mol. The van der Waals surface area contributed by atoms with Gasteiger partial charge in [-0.3, -0.25) is 0 Å². The Bertz CT molecular complexity index is 793. The van der Waals surface area contributed by atoms with E-state index in [0.29, 0.717) is 17.0 Å². The van der Waals surface area contributed by atoms with Crippen molar-refractivity contribution in [2.24, 2.45) is 0 Å². The number of hydrogen-bond donors (Lipinski definition) is 0. The lowest BCUT2D eigenvalue weighted by molar-refractivity contribution is -0.140. The Morgan fingerprint density at radius 2 is 1.61 bits per heavy atom. The van der Waals surface area contributed by atoms with Gasteiger partial charge in [-0.1, -0.05) is 30.3 Å². The van der Waals surface area contributed by atoms with Crippen LogP contribution in [0.5, 0.6) is 5.75 Å². The molecule has 0 saturated carbocycles. The molecule has 1 aromatic heterocycles. The molecule has 0 bridgehead atoms. The van der Waals surface area contributed by atoms with E-state index in [1.54, 1.807) is 54.6 Å². The first-order valence-corrected chi connectivity index (χ1v) is 6.86. The van der Waals surface area contributed by atoms with Gasteiger partial charge >= 0.3 is 6.18 Å². The van der Waals surface area contributed by atoms with Crippen LogP contribution in [0.1, 0.15) is 5.69 Å². The Morgan fingerprint density at radius 1 is 0.957 bits per heavy atom. The molecule has 6 heteroatoms. The molecule has 118 valence electrons. The number of alkyl halides is 3. The van der Waals surface area contributed by atoms with Crippen molar-refractivity contribution in [2.75, 3.05) is 7.11 Å². The molecular formula is C17H13F3N2O. The molecule has 3 nitrogen and oxygen atoms in total. The van der Waals surface area contributed by atoms with Crippen molar-refractivity contribution >= 4 is 0 Å². The molecule has 0 atom stereocenters. The number of ether oxygens (including phenoxy) is 1. The molecule has 0 radical (unpaired) electrons. The van der Waals surface area contributed by atoms with Gasteiger partial charge in [0.2, 0.25) is 0 Å². The van der Waals surface area contributed by atoms with Gasteiger partial charge in [-0.05, 0) is 29.8 Å². The van der Waals surface area contributed by atoms with Crippen LogP contribution in [-0.4, -0.2) is 16.9 Å². The molecule has 0 saturated heterocycles. The van der Waals surface area contributed by atoms with Crippen LogP contribution in [0.15, 0.2) is 60.8 Å². The molecule has 0 aliphatic carbocycles. The Balaban J connectivity index is 2.12. The number of hydrogen-bond acceptors (Lipinski definition) is 2. The third-order valence-corrected chi connectivity index (χ3v) is 3.40. The van der Waals surface area contributed by atoms with Crippen LogP contribution in [0.4, 0.5) is 13.2 Å². The van der Waals surface area contributed by atoms with E-state index in [9.17, 15) is 13.2 Å². The lowest BCUT2D eigenvalue weighted by Gasteiger charge is -2.06. The number of nitrogens with zero attached hydrogens (tertiary/aromatic N) is 2. The molecule has 0 N–H and O–H groups in total. The van der Waals surface area contributed by atoms with Gasteiger partial charge in [-0.15, -0.1) is 0 Å². The van der Waals surface area contributed by atoms with Gasteiger partial charge in [0.1, 0.15) is 5.75 Å². The maximum atomic E-state index is 13.3. The minimum atomic E-state index is -4.53. The van der Waals surface area contributed by atoms with Gasteiger partial charge in [-0.2, -0.15) is 18.3 Å². The molecule has 3 rings (SSSR count). The smallest absolute Gasteiger partial charge is 0.435 e. The first kappa shape index (κ1) is 15.1. The molecule has 0 amide bonds. The van der Waals surface area contributed by atoms with E-state index < -0.39 is 11.9 Å². The molecule has 0 spiro atoms. The van der Waals surface area contributed by atoms with Crippen molar-refractivity contribution in [3.63, 3.8) is 0 Å². The largest absolute Gasteiger partial charge is 0.497 e. The number of methoxy groups -OCH3 is 1. The van der Waals surface area contributed by atoms with E-state index in [2.05, 4.69) is 5.10 Å². The summed E-state index contributed by atoms with van der Waals surface area (Å²) in [5.74, 6) is 0.581. The second kappa shape index (κ2) is 5.79. The minimum Gasteiger partial charge on any atom is -0.497 e. The second-order valence-corrected chi connectivity index (χ2v) is 4.90. The highest BCUT2D eigenvalue weighted by Crippen LogP contribution is 2.37. The van der Waals surface area contributed by atoms with Crippen molar-refractivity contribution in [3.05, 3.63) is 66.5 Å². The van der Waals surface area contributed by atoms with Gasteiger partial charge in [0.05, 0.1) is 12.8 Å². The average molecular weight is 318 g/mol. The van der Waals surface area contributed by atoms with Crippen molar-refractivity contribution in [2.45, 2.75) is 6.18 Å². The Hall–Kier alpha value is -2.76. The van der Waals surface area contributed by atoms with Gasteiger partial charge in [0.15, 0.2) is 5.69 Å². The zero-order valence-corrected chi connectivity index (χ0v) is 12.2. The molecule has 1 heterocycles. The lowest BCUT2D eigenvalue weighted by atomic mass is 10.1. The fraction of sp³-hybridized carbons (Fsp3) is 0.118. The SMILES string of the molecule is COc1ccc(-c2cn(-c3ccccc3)nc2C(F)(F)F)cc1. The van der Waals surface area contributed by atoms with E-state index >= 15 is 0 Å². The zero-order valence-electron chi connectivity index (χ0n) is 12.2. The third-order valence-electron chi connectivity index (χ3n) is 3.40. The van der Waals surface area contributed by atoms with Crippen LogP contribution in [0.2, 0.25) is 0 Å². The molecule has 0 fully saturated rings. The monoisotopic (exact) mass is 318 g/mol. The highest BCUT2D eigenvalue weighted by molar-refractivity contribution is 5.67. The van der Waals surface area contributed by atoms with Gasteiger partial charge in [0, 0.05) is 11.8 Å². The number of halogens is 3. The van der Waals surface area contributed by atoms with E-state index in [-0.39, 0.29) is 5.56 Å². The normalized spacial score (nSPS) is 11.5. The topological polar surface area (TPSA) is 27.1 Å². The molecule has 0 aliphatic heterocycles. The highest BCUT2D eigenvalue weighted by atomic mass is 19.4. The summed E-state index contributed by atoms with van der Waals surface area (Å²) < 4.78 is 46.2. The summed E-state index contributed by atoms with van der Waals surface area (Å²) in [6.07, 6.45) is -3.14. The van der Waals surface area contributed by atoms with Crippen molar-refractivity contribution in [3.8, 4) is 22.6 Å². The van der Waals surface area contributed by atoms with Gasteiger partial charge in [-0.25, -0.2) is 4.68 Å². The van der Waals surface area contributed by atoms with E-state index in [0.717, 1.165) is 0 Å². The molecule has 2 aromatic carbocycles. The van der Waals surface area contributed by atoms with Crippen LogP contribution in [0, 0.1) is 0 Å². The minimum absolute atomic E-state index is 0.0315. The summed E-state index contributed by atoms with van der Waals surface area (Å²) in [6.45, 7) is 0. The number of benzene rings is 2. The predicted octanol–water partition coefficient (Wildman–Crippen LogP) is 4.57. The van der Waals surface area contributed by atoms with Crippen molar-refractivity contribution < 1.29 is 17.9 Å². The Labute approximate surface area is 130 Å². The van der Waals surface area contributed by atoms with Gasteiger partial charge in [0.25, 0.3) is 0 Å². The fourth-order valence-electron chi connectivity index (χ4n) is 2.28. The molecule has 0 aliphatic rings. The summed E-state index contributed by atoms with van der Waals surface area (Å²) in [4.78, 5) is 0. The number of para-hydroxylation sites is 1. The molecule has 23 heavy (non-hydrogen) atoms. The quantitative estimate of drug-likeness (QED) is 0.707. The van der Waals surface area contributed by atoms with Crippen LogP contribution in [0.3, 0.4) is 0 Å². The first-order chi connectivity index (χ1) is 11.0. The van der Waals surface area contributed by atoms with Crippen LogP contribution < -0.4 is 4.74 Å². The summed E-state index contributed by atoms with van der Waals surface area (Å²) >= 11 is 0. The summed E-state index contributed by atoms with van der Waals surface area (Å²) in [6, 6.07) is 15.1. The Morgan fingerprint density at radius 3 is 2.17 bits per heavy atom. The van der Waals surface area contributed by atoms with Crippen LogP contribution in [0.25, 0.3) is 16.8 Å². The van der Waals surface area contributed by atoms with E-state index in [1.807, 2.05) is 0 Å². The average Bonchev–Trinajstić information content (AvgIpc) is 3.01. The maximum absolute atomic E-state index is 13.3. The van der Waals surface area contributed by atoms with E-state index in [4.69, 9.17) is 4.74 Å². The second-order valence-electron chi connectivity index (χ2n) is 4.90. The summed E-state index contributed by atoms with van der Waals surface area (Å²) in [5, 5.41) is 3.73. The maximum Gasteiger partial charge on any atom is 0.435 e. The summed E-state index contributed by atoms with van der Waals surface area (Å²) in [5.41, 5.74) is 0.119. The number of aromatic nitrogens is 2.